The summed E-state index contributed by atoms with van der Waals surface area (Å²) in [5.41, 5.74) is 6.56. The first kappa shape index (κ1) is 16.7. The van der Waals surface area contributed by atoms with Gasteiger partial charge >= 0.3 is 0 Å². The number of rotatable bonds is 5. The van der Waals surface area contributed by atoms with Gasteiger partial charge in [-0.3, -0.25) is 9.59 Å². The van der Waals surface area contributed by atoms with Crippen LogP contribution in [0.2, 0.25) is 0 Å². The van der Waals surface area contributed by atoms with E-state index in [9.17, 15) is 9.59 Å². The van der Waals surface area contributed by atoms with Gasteiger partial charge in [0.05, 0.1) is 11.9 Å². The molecule has 2 rings (SSSR count). The third kappa shape index (κ3) is 4.18. The summed E-state index contributed by atoms with van der Waals surface area (Å²) in [4.78, 5) is 28.9. The van der Waals surface area contributed by atoms with Crippen LogP contribution in [-0.4, -0.2) is 15.5 Å². The summed E-state index contributed by atoms with van der Waals surface area (Å²) in [6.07, 6.45) is 4.08. The molecule has 0 radical (unpaired) electrons. The Morgan fingerprint density at radius 3 is 2.70 bits per heavy atom. The standard InChI is InChI=1S/C17H22N4O2/c1-11(2)6-8-21-9-7-12(3)15(17(21)23)16(22)20-13-4-5-14(18)19-10-13/h4-5,7,9-11H,6,8H2,1-3H3,(H2,18,19)(H,20,22). The summed E-state index contributed by atoms with van der Waals surface area (Å²) in [6, 6.07) is 5.03. The van der Waals surface area contributed by atoms with E-state index in [1.165, 1.54) is 6.20 Å². The fourth-order valence-electron chi connectivity index (χ4n) is 2.19. The van der Waals surface area contributed by atoms with Crippen LogP contribution >= 0.6 is 0 Å². The van der Waals surface area contributed by atoms with E-state index in [0.29, 0.717) is 29.5 Å². The molecule has 2 aromatic heterocycles. The molecule has 0 fully saturated rings. The Bertz CT molecular complexity index is 748. The maximum Gasteiger partial charge on any atom is 0.263 e. The van der Waals surface area contributed by atoms with Gasteiger partial charge in [0, 0.05) is 12.7 Å². The number of nitrogens with one attached hydrogen (secondary N) is 1. The molecule has 23 heavy (non-hydrogen) atoms. The maximum atomic E-state index is 12.6. The lowest BCUT2D eigenvalue weighted by Gasteiger charge is -2.12. The summed E-state index contributed by atoms with van der Waals surface area (Å²) >= 11 is 0. The van der Waals surface area contributed by atoms with Gasteiger partial charge in [-0.25, -0.2) is 4.98 Å². The van der Waals surface area contributed by atoms with Gasteiger partial charge in [-0.05, 0) is 43.0 Å². The van der Waals surface area contributed by atoms with Gasteiger partial charge in [-0.2, -0.15) is 0 Å². The van der Waals surface area contributed by atoms with Crippen LogP contribution in [-0.2, 0) is 6.54 Å². The molecule has 0 unspecified atom stereocenters. The monoisotopic (exact) mass is 314 g/mol. The molecule has 1 amide bonds. The van der Waals surface area contributed by atoms with Crippen molar-refractivity contribution in [3.63, 3.8) is 0 Å². The SMILES string of the molecule is Cc1ccn(CCC(C)C)c(=O)c1C(=O)Nc1ccc(N)nc1. The zero-order valence-corrected chi connectivity index (χ0v) is 13.7. The van der Waals surface area contributed by atoms with E-state index in [-0.39, 0.29) is 11.1 Å². The number of nitrogens with zero attached hydrogens (tertiary/aromatic N) is 2. The van der Waals surface area contributed by atoms with Gasteiger partial charge in [-0.15, -0.1) is 0 Å². The van der Waals surface area contributed by atoms with E-state index in [1.807, 2.05) is 0 Å². The topological polar surface area (TPSA) is 90.0 Å². The molecule has 0 aliphatic carbocycles. The number of nitrogen functional groups attached to an aromatic ring is 1. The molecule has 3 N–H and O–H groups in total. The first-order valence-electron chi connectivity index (χ1n) is 7.61. The molecule has 122 valence electrons. The Labute approximate surface area is 135 Å². The quantitative estimate of drug-likeness (QED) is 0.887. The summed E-state index contributed by atoms with van der Waals surface area (Å²) < 4.78 is 1.59. The van der Waals surface area contributed by atoms with E-state index >= 15 is 0 Å². The van der Waals surface area contributed by atoms with Gasteiger partial charge in [0.25, 0.3) is 11.5 Å². The Kier molecular flexibility index (Phi) is 5.16. The highest BCUT2D eigenvalue weighted by atomic mass is 16.2. The second-order valence-electron chi connectivity index (χ2n) is 5.98. The van der Waals surface area contributed by atoms with Crippen molar-refractivity contribution in [1.82, 2.24) is 9.55 Å². The van der Waals surface area contributed by atoms with Crippen LogP contribution in [0.3, 0.4) is 0 Å². The number of carbonyl (C=O) groups excluding carboxylic acids is 1. The van der Waals surface area contributed by atoms with Gasteiger partial charge in [0.2, 0.25) is 0 Å². The normalized spacial score (nSPS) is 10.8. The molecule has 0 saturated carbocycles. The van der Waals surface area contributed by atoms with Crippen molar-refractivity contribution in [2.45, 2.75) is 33.7 Å². The highest BCUT2D eigenvalue weighted by Crippen LogP contribution is 2.11. The average Bonchev–Trinajstić information content (AvgIpc) is 2.48. The third-order valence-corrected chi connectivity index (χ3v) is 3.59. The number of hydrogen-bond acceptors (Lipinski definition) is 4. The molecule has 0 aliphatic heterocycles. The lowest BCUT2D eigenvalue weighted by Crippen LogP contribution is -2.30. The first-order chi connectivity index (χ1) is 10.9. The van der Waals surface area contributed by atoms with Gasteiger partial charge in [0.15, 0.2) is 0 Å². The number of nitrogens with two attached hydrogens (primary N) is 1. The van der Waals surface area contributed by atoms with Crippen molar-refractivity contribution in [2.75, 3.05) is 11.1 Å². The second kappa shape index (κ2) is 7.09. The highest BCUT2D eigenvalue weighted by molar-refractivity contribution is 6.04. The van der Waals surface area contributed by atoms with E-state index in [2.05, 4.69) is 24.1 Å². The molecule has 6 heteroatoms. The summed E-state index contributed by atoms with van der Waals surface area (Å²) in [6.45, 7) is 6.55. The van der Waals surface area contributed by atoms with Gasteiger partial charge in [0.1, 0.15) is 11.4 Å². The zero-order chi connectivity index (χ0) is 17.0. The number of aryl methyl sites for hydroxylation is 2. The van der Waals surface area contributed by atoms with Crippen molar-refractivity contribution in [3.8, 4) is 0 Å². The van der Waals surface area contributed by atoms with Crippen LogP contribution in [0, 0.1) is 12.8 Å². The number of amides is 1. The van der Waals surface area contributed by atoms with Gasteiger partial charge < -0.3 is 15.6 Å². The number of aromatic nitrogens is 2. The molecule has 2 aromatic rings. The Balaban J connectivity index is 2.26. The number of hydrogen-bond donors (Lipinski definition) is 2. The molecular weight excluding hydrogens is 292 g/mol. The molecule has 2 heterocycles. The van der Waals surface area contributed by atoms with Crippen molar-refractivity contribution >= 4 is 17.4 Å². The van der Waals surface area contributed by atoms with Crippen LogP contribution in [0.5, 0.6) is 0 Å². The van der Waals surface area contributed by atoms with Crippen molar-refractivity contribution in [3.05, 3.63) is 52.1 Å². The predicted molar refractivity (Wildman–Crippen MR) is 91.5 cm³/mol. The lowest BCUT2D eigenvalue weighted by molar-refractivity contribution is 0.102. The summed E-state index contributed by atoms with van der Waals surface area (Å²) in [5.74, 6) is 0.425. The highest BCUT2D eigenvalue weighted by Gasteiger charge is 2.16. The largest absolute Gasteiger partial charge is 0.384 e. The summed E-state index contributed by atoms with van der Waals surface area (Å²) in [7, 11) is 0. The number of carbonyl (C=O) groups is 1. The fourth-order valence-corrected chi connectivity index (χ4v) is 2.19. The Morgan fingerprint density at radius 1 is 1.35 bits per heavy atom. The average molecular weight is 314 g/mol. The van der Waals surface area contributed by atoms with E-state index < -0.39 is 5.91 Å². The van der Waals surface area contributed by atoms with E-state index in [1.54, 1.807) is 35.9 Å². The molecule has 0 aromatic carbocycles. The zero-order valence-electron chi connectivity index (χ0n) is 13.7. The second-order valence-corrected chi connectivity index (χ2v) is 5.98. The lowest BCUT2D eigenvalue weighted by atomic mass is 10.1. The first-order valence-corrected chi connectivity index (χ1v) is 7.61. The maximum absolute atomic E-state index is 12.6. The molecule has 0 atom stereocenters. The van der Waals surface area contributed by atoms with Crippen LogP contribution in [0.1, 0.15) is 36.2 Å². The van der Waals surface area contributed by atoms with Crippen molar-refractivity contribution in [1.29, 1.82) is 0 Å². The smallest absolute Gasteiger partial charge is 0.263 e. The minimum atomic E-state index is -0.432. The minimum absolute atomic E-state index is 0.160. The predicted octanol–water partition coefficient (Wildman–Crippen LogP) is 2.43. The van der Waals surface area contributed by atoms with E-state index in [4.69, 9.17) is 5.73 Å². The number of anilines is 2. The van der Waals surface area contributed by atoms with Gasteiger partial charge in [-0.1, -0.05) is 13.8 Å². The van der Waals surface area contributed by atoms with Crippen LogP contribution in [0.4, 0.5) is 11.5 Å². The molecule has 6 nitrogen and oxygen atoms in total. The Morgan fingerprint density at radius 2 is 2.09 bits per heavy atom. The minimum Gasteiger partial charge on any atom is -0.384 e. The Hall–Kier alpha value is -2.63. The molecule has 0 spiro atoms. The third-order valence-electron chi connectivity index (χ3n) is 3.59. The molecule has 0 aliphatic rings. The van der Waals surface area contributed by atoms with Crippen LogP contribution in [0.15, 0.2) is 35.4 Å². The fraction of sp³-hybridized carbons (Fsp3) is 0.353. The molecule has 0 bridgehead atoms. The van der Waals surface area contributed by atoms with Crippen LogP contribution < -0.4 is 16.6 Å². The van der Waals surface area contributed by atoms with Crippen molar-refractivity contribution < 1.29 is 4.79 Å². The molecule has 0 saturated heterocycles. The number of pyridine rings is 2. The van der Waals surface area contributed by atoms with Crippen molar-refractivity contribution in [2.24, 2.45) is 5.92 Å². The van der Waals surface area contributed by atoms with E-state index in [0.717, 1.165) is 6.42 Å². The molecular formula is C17H22N4O2. The van der Waals surface area contributed by atoms with Crippen LogP contribution in [0.25, 0.3) is 0 Å². The summed E-state index contributed by atoms with van der Waals surface area (Å²) in [5, 5.41) is 2.69.